The lowest BCUT2D eigenvalue weighted by atomic mass is 10.4. The van der Waals surface area contributed by atoms with E-state index in [0.29, 0.717) is 10.6 Å². The number of benzene rings is 2. The molecule has 18 heavy (non-hydrogen) atoms. The number of hydrogen-bond acceptors (Lipinski definition) is 3. The zero-order chi connectivity index (χ0) is 12.8. The minimum atomic E-state index is -3.10. The summed E-state index contributed by atoms with van der Waals surface area (Å²) in [7, 11) is -3.10. The van der Waals surface area contributed by atoms with Crippen LogP contribution in [0.4, 0.5) is 0 Å². The molecular weight excluding hydrogens is 247 g/mol. The number of hydrogen-bond donors (Lipinski definition) is 1. The molecule has 2 aromatic rings. The van der Waals surface area contributed by atoms with Crippen LogP contribution in [0, 0.1) is 0 Å². The molecule has 0 aliphatic heterocycles. The second-order valence-electron chi connectivity index (χ2n) is 3.78. The highest BCUT2D eigenvalue weighted by atomic mass is 31.2. The van der Waals surface area contributed by atoms with Crippen LogP contribution in [0.25, 0.3) is 0 Å². The van der Waals surface area contributed by atoms with Gasteiger partial charge in [-0.05, 0) is 24.3 Å². The van der Waals surface area contributed by atoms with Crippen molar-refractivity contribution in [2.24, 2.45) is 0 Å². The molecule has 0 saturated carbocycles. The van der Waals surface area contributed by atoms with Crippen LogP contribution in [-0.2, 0) is 9.09 Å². The first-order chi connectivity index (χ1) is 8.77. The van der Waals surface area contributed by atoms with Crippen LogP contribution in [0.1, 0.15) is 0 Å². The number of aliphatic hydroxyl groups excluding tert-OH is 1. The Kier molecular flexibility index (Phi) is 4.32. The second-order valence-corrected chi connectivity index (χ2v) is 6.17. The molecule has 0 bridgehead atoms. The first kappa shape index (κ1) is 13.0. The van der Waals surface area contributed by atoms with Gasteiger partial charge >= 0.3 is 0 Å². The third kappa shape index (κ3) is 2.70. The van der Waals surface area contributed by atoms with E-state index in [1.807, 2.05) is 36.4 Å². The molecule has 0 radical (unpaired) electrons. The lowest BCUT2D eigenvalue weighted by molar-refractivity contribution is 0.207. The van der Waals surface area contributed by atoms with Crippen LogP contribution in [0.2, 0.25) is 0 Å². The zero-order valence-corrected chi connectivity index (χ0v) is 10.8. The van der Waals surface area contributed by atoms with E-state index in [4.69, 9.17) is 9.63 Å². The van der Waals surface area contributed by atoms with Crippen molar-refractivity contribution in [3.05, 3.63) is 60.7 Å². The Labute approximate surface area is 107 Å². The summed E-state index contributed by atoms with van der Waals surface area (Å²) in [6.45, 7) is -0.0925. The Morgan fingerprint density at radius 2 is 1.33 bits per heavy atom. The van der Waals surface area contributed by atoms with Crippen molar-refractivity contribution in [3.63, 3.8) is 0 Å². The van der Waals surface area contributed by atoms with Crippen molar-refractivity contribution in [2.75, 3.05) is 13.2 Å². The number of rotatable bonds is 5. The predicted octanol–water partition coefficient (Wildman–Crippen LogP) is 1.92. The molecule has 0 fully saturated rings. The van der Waals surface area contributed by atoms with Gasteiger partial charge in [-0.3, -0.25) is 4.57 Å². The fourth-order valence-electron chi connectivity index (χ4n) is 1.72. The molecule has 0 amide bonds. The summed E-state index contributed by atoms with van der Waals surface area (Å²) in [5.74, 6) is 0. The van der Waals surface area contributed by atoms with Gasteiger partial charge in [-0.2, -0.15) is 0 Å². The molecule has 0 saturated heterocycles. The Balaban J connectivity index is 2.45. The van der Waals surface area contributed by atoms with E-state index in [0.717, 1.165) is 0 Å². The van der Waals surface area contributed by atoms with Crippen LogP contribution >= 0.6 is 7.37 Å². The Bertz CT molecular complexity index is 482. The van der Waals surface area contributed by atoms with Gasteiger partial charge in [0.1, 0.15) is 0 Å². The summed E-state index contributed by atoms with van der Waals surface area (Å²) in [6.07, 6.45) is 0. The third-order valence-corrected chi connectivity index (χ3v) is 5.06. The summed E-state index contributed by atoms with van der Waals surface area (Å²) in [6, 6.07) is 18.2. The first-order valence-electron chi connectivity index (χ1n) is 5.74. The van der Waals surface area contributed by atoms with Gasteiger partial charge in [-0.1, -0.05) is 36.4 Å². The highest BCUT2D eigenvalue weighted by Gasteiger charge is 2.27. The van der Waals surface area contributed by atoms with Crippen molar-refractivity contribution in [3.8, 4) is 0 Å². The number of aliphatic hydroxyl groups is 1. The smallest absolute Gasteiger partial charge is 0.261 e. The fraction of sp³-hybridized carbons (Fsp3) is 0.143. The van der Waals surface area contributed by atoms with E-state index in [-0.39, 0.29) is 13.2 Å². The van der Waals surface area contributed by atoms with Gasteiger partial charge in [0.15, 0.2) is 0 Å². The lowest BCUT2D eigenvalue weighted by Crippen LogP contribution is -2.19. The van der Waals surface area contributed by atoms with Crippen LogP contribution in [0.5, 0.6) is 0 Å². The molecule has 0 spiro atoms. The molecule has 0 unspecified atom stereocenters. The maximum Gasteiger partial charge on any atom is 0.261 e. The Morgan fingerprint density at radius 3 is 1.72 bits per heavy atom. The maximum absolute atomic E-state index is 13.0. The van der Waals surface area contributed by atoms with Gasteiger partial charge in [0.05, 0.1) is 13.2 Å². The maximum atomic E-state index is 13.0. The molecule has 0 aliphatic rings. The summed E-state index contributed by atoms with van der Waals surface area (Å²) in [5, 5.41) is 10.2. The fourth-order valence-corrected chi connectivity index (χ4v) is 3.78. The molecule has 3 nitrogen and oxygen atoms in total. The van der Waals surface area contributed by atoms with Crippen molar-refractivity contribution in [1.82, 2.24) is 0 Å². The highest BCUT2D eigenvalue weighted by Crippen LogP contribution is 2.44. The molecular formula is C14H15O3P. The molecule has 4 heteroatoms. The first-order valence-corrected chi connectivity index (χ1v) is 7.36. The van der Waals surface area contributed by atoms with E-state index in [2.05, 4.69) is 0 Å². The van der Waals surface area contributed by atoms with E-state index in [1.165, 1.54) is 0 Å². The van der Waals surface area contributed by atoms with Crippen LogP contribution < -0.4 is 10.6 Å². The minimum absolute atomic E-state index is 0.0566. The van der Waals surface area contributed by atoms with Gasteiger partial charge in [0, 0.05) is 10.6 Å². The van der Waals surface area contributed by atoms with Crippen molar-refractivity contribution in [1.29, 1.82) is 0 Å². The highest BCUT2D eigenvalue weighted by molar-refractivity contribution is 7.74. The van der Waals surface area contributed by atoms with Crippen molar-refractivity contribution >= 4 is 18.0 Å². The summed E-state index contributed by atoms with van der Waals surface area (Å²) >= 11 is 0. The average molecular weight is 262 g/mol. The summed E-state index contributed by atoms with van der Waals surface area (Å²) < 4.78 is 18.5. The average Bonchev–Trinajstić information content (AvgIpc) is 2.46. The largest absolute Gasteiger partial charge is 0.394 e. The Hall–Kier alpha value is -1.41. The lowest BCUT2D eigenvalue weighted by Gasteiger charge is -2.18. The quantitative estimate of drug-likeness (QED) is 0.837. The zero-order valence-electron chi connectivity index (χ0n) is 9.90. The van der Waals surface area contributed by atoms with E-state index in [1.54, 1.807) is 24.3 Å². The molecule has 0 atom stereocenters. The summed E-state index contributed by atoms with van der Waals surface area (Å²) in [5.41, 5.74) is 0. The minimum Gasteiger partial charge on any atom is -0.394 e. The summed E-state index contributed by atoms with van der Waals surface area (Å²) in [4.78, 5) is 0. The molecule has 0 heterocycles. The normalized spacial score (nSPS) is 11.4. The van der Waals surface area contributed by atoms with Gasteiger partial charge in [-0.15, -0.1) is 0 Å². The van der Waals surface area contributed by atoms with Gasteiger partial charge < -0.3 is 9.63 Å². The second kappa shape index (κ2) is 5.96. The van der Waals surface area contributed by atoms with E-state index < -0.39 is 7.37 Å². The topological polar surface area (TPSA) is 46.5 Å². The predicted molar refractivity (Wildman–Crippen MR) is 72.8 cm³/mol. The third-order valence-electron chi connectivity index (χ3n) is 2.56. The van der Waals surface area contributed by atoms with Crippen LogP contribution in [-0.4, -0.2) is 18.3 Å². The molecule has 0 aromatic heterocycles. The van der Waals surface area contributed by atoms with E-state index >= 15 is 0 Å². The SMILES string of the molecule is O=P(OCCO)(c1ccccc1)c1ccccc1. The monoisotopic (exact) mass is 262 g/mol. The van der Waals surface area contributed by atoms with E-state index in [9.17, 15) is 4.57 Å². The molecule has 94 valence electrons. The van der Waals surface area contributed by atoms with Gasteiger partial charge in [-0.25, -0.2) is 0 Å². The molecule has 1 N–H and O–H groups in total. The van der Waals surface area contributed by atoms with Crippen LogP contribution in [0.15, 0.2) is 60.7 Å². The van der Waals surface area contributed by atoms with Crippen molar-refractivity contribution in [2.45, 2.75) is 0 Å². The molecule has 2 rings (SSSR count). The van der Waals surface area contributed by atoms with Crippen molar-refractivity contribution < 1.29 is 14.2 Å². The standard InChI is InChI=1S/C14H15O3P/c15-11-12-17-18(16,13-7-3-1-4-8-13)14-9-5-2-6-10-14/h1-10,15H,11-12H2. The van der Waals surface area contributed by atoms with Gasteiger partial charge in [0.25, 0.3) is 7.37 Å². The Morgan fingerprint density at radius 1 is 0.889 bits per heavy atom. The molecule has 0 aliphatic carbocycles. The van der Waals surface area contributed by atoms with Gasteiger partial charge in [0.2, 0.25) is 0 Å². The molecule has 2 aromatic carbocycles. The van der Waals surface area contributed by atoms with Crippen LogP contribution in [0.3, 0.4) is 0 Å².